The summed E-state index contributed by atoms with van der Waals surface area (Å²) in [6.07, 6.45) is 4.54. The molecule has 4 rings (SSSR count). The van der Waals surface area contributed by atoms with Crippen LogP contribution in [-0.4, -0.2) is 34.4 Å². The smallest absolute Gasteiger partial charge is 0.340 e. The van der Waals surface area contributed by atoms with Crippen LogP contribution in [0.1, 0.15) is 15.2 Å². The molecule has 168 valence electrons. The molecular weight excluding hydrogens is 440 g/mol. The lowest BCUT2D eigenvalue weighted by Crippen LogP contribution is -2.27. The number of rotatable bonds is 6. The number of carbonyl (C=O) groups is 1. The Morgan fingerprint density at radius 3 is 2.27 bits per heavy atom. The number of allylic oxidation sites excluding steroid dienone is 1. The molecule has 0 radical (unpaired) electrons. The largest absolute Gasteiger partial charge is 0.502 e. The summed E-state index contributed by atoms with van der Waals surface area (Å²) in [6, 6.07) is 16.1. The summed E-state index contributed by atoms with van der Waals surface area (Å²) in [5, 5.41) is 10.1. The quantitative estimate of drug-likeness (QED) is 0.418. The minimum Gasteiger partial charge on any atom is -0.502 e. The molecule has 1 N–H and O–H groups in total. The van der Waals surface area contributed by atoms with E-state index in [1.165, 1.54) is 36.2 Å². The van der Waals surface area contributed by atoms with E-state index in [4.69, 9.17) is 9.47 Å². The summed E-state index contributed by atoms with van der Waals surface area (Å²) < 4.78 is 12.9. The molecule has 0 aliphatic heterocycles. The van der Waals surface area contributed by atoms with Crippen LogP contribution in [-0.2, 0) is 0 Å². The van der Waals surface area contributed by atoms with Crippen LogP contribution in [0.4, 0.5) is 0 Å². The van der Waals surface area contributed by atoms with Crippen molar-refractivity contribution < 1.29 is 19.4 Å². The molecule has 0 fully saturated rings. The number of aryl methyl sites for hydroxylation is 1. The number of ether oxygens (including phenoxy) is 2. The molecule has 4 aromatic rings. The van der Waals surface area contributed by atoms with Crippen LogP contribution >= 0.6 is 11.3 Å². The van der Waals surface area contributed by atoms with Gasteiger partial charge in [-0.1, -0.05) is 18.2 Å². The van der Waals surface area contributed by atoms with Crippen LogP contribution in [0.2, 0.25) is 0 Å². The van der Waals surface area contributed by atoms with Gasteiger partial charge in [0, 0.05) is 17.2 Å². The number of hydrogen-bond acceptors (Lipinski definition) is 6. The van der Waals surface area contributed by atoms with Crippen molar-refractivity contribution in [3.05, 3.63) is 87.8 Å². The molecule has 0 spiro atoms. The van der Waals surface area contributed by atoms with Gasteiger partial charge in [-0.05, 0) is 55.0 Å². The predicted molar refractivity (Wildman–Crippen MR) is 129 cm³/mol. The van der Waals surface area contributed by atoms with E-state index in [2.05, 4.69) is 0 Å². The highest BCUT2D eigenvalue weighted by Gasteiger charge is 2.19. The van der Waals surface area contributed by atoms with Gasteiger partial charge in [-0.2, -0.15) is 0 Å². The summed E-state index contributed by atoms with van der Waals surface area (Å²) in [6.45, 7) is 1.97. The first-order valence-electron chi connectivity index (χ1n) is 10.1. The van der Waals surface area contributed by atoms with Gasteiger partial charge >= 0.3 is 5.69 Å². The number of thiophene rings is 1. The minimum absolute atomic E-state index is 0.130. The lowest BCUT2D eigenvalue weighted by atomic mass is 10.1. The van der Waals surface area contributed by atoms with Crippen molar-refractivity contribution >= 4 is 23.3 Å². The summed E-state index contributed by atoms with van der Waals surface area (Å²) in [7, 11) is 2.85. The molecule has 0 saturated heterocycles. The van der Waals surface area contributed by atoms with Crippen LogP contribution in [0.25, 0.3) is 22.3 Å². The maximum Gasteiger partial charge on any atom is 0.340 e. The van der Waals surface area contributed by atoms with Crippen LogP contribution in [0, 0.1) is 6.92 Å². The fraction of sp³-hybridized carbons (Fsp3) is 0.120. The Hall–Kier alpha value is -4.04. The van der Waals surface area contributed by atoms with E-state index in [0.29, 0.717) is 16.9 Å². The Balaban J connectivity index is 1.79. The Morgan fingerprint density at radius 2 is 1.70 bits per heavy atom. The van der Waals surface area contributed by atoms with E-state index >= 15 is 0 Å². The van der Waals surface area contributed by atoms with Crippen LogP contribution < -0.4 is 15.2 Å². The van der Waals surface area contributed by atoms with Crippen molar-refractivity contribution in [3.63, 3.8) is 0 Å². The molecule has 0 saturated carbocycles. The lowest BCUT2D eigenvalue weighted by Gasteiger charge is -2.09. The molecule has 0 unspecified atom stereocenters. The normalized spacial score (nSPS) is 11.1. The number of aromatic hydroxyl groups is 1. The fourth-order valence-electron chi connectivity index (χ4n) is 3.43. The zero-order valence-electron chi connectivity index (χ0n) is 18.3. The molecule has 8 heteroatoms. The average Bonchev–Trinajstić information content (AvgIpc) is 3.41. The van der Waals surface area contributed by atoms with Crippen molar-refractivity contribution in [2.45, 2.75) is 6.92 Å². The molecule has 2 aromatic carbocycles. The molecule has 0 amide bonds. The third-order valence-electron chi connectivity index (χ3n) is 5.06. The van der Waals surface area contributed by atoms with Gasteiger partial charge in [0.15, 0.2) is 11.5 Å². The number of para-hydroxylation sites is 1. The van der Waals surface area contributed by atoms with E-state index in [9.17, 15) is 14.7 Å². The third kappa shape index (κ3) is 4.33. The van der Waals surface area contributed by atoms with Crippen LogP contribution in [0.15, 0.2) is 71.7 Å². The molecule has 2 aromatic heterocycles. The van der Waals surface area contributed by atoms with E-state index in [1.54, 1.807) is 24.4 Å². The number of benzene rings is 2. The number of carbonyl (C=O) groups excluding carboxylic acids is 1. The molecule has 0 aliphatic carbocycles. The molecule has 0 bridgehead atoms. The summed E-state index contributed by atoms with van der Waals surface area (Å²) >= 11 is 1.51. The number of phenols is 1. The number of aromatic nitrogens is 2. The molecule has 2 heterocycles. The van der Waals surface area contributed by atoms with Crippen molar-refractivity contribution in [1.29, 1.82) is 0 Å². The Bertz CT molecular complexity index is 1370. The summed E-state index contributed by atoms with van der Waals surface area (Å²) in [4.78, 5) is 28.4. The second-order valence-electron chi connectivity index (χ2n) is 7.19. The van der Waals surface area contributed by atoms with Crippen molar-refractivity contribution in [2.24, 2.45) is 0 Å². The summed E-state index contributed by atoms with van der Waals surface area (Å²) in [5.74, 6) is -0.205. The van der Waals surface area contributed by atoms with Crippen LogP contribution in [0.5, 0.6) is 17.2 Å². The lowest BCUT2D eigenvalue weighted by molar-refractivity contribution is 0.0967. The van der Waals surface area contributed by atoms with E-state index in [1.807, 2.05) is 49.4 Å². The number of hydrogen-bond donors (Lipinski definition) is 1. The van der Waals surface area contributed by atoms with Gasteiger partial charge < -0.3 is 14.6 Å². The van der Waals surface area contributed by atoms with Crippen molar-refractivity contribution in [2.75, 3.05) is 14.2 Å². The zero-order chi connectivity index (χ0) is 23.5. The molecule has 0 aliphatic rings. The fourth-order valence-corrected chi connectivity index (χ4v) is 4.30. The third-order valence-corrected chi connectivity index (χ3v) is 6.08. The topological polar surface area (TPSA) is 82.7 Å². The van der Waals surface area contributed by atoms with Crippen molar-refractivity contribution in [3.8, 4) is 33.5 Å². The van der Waals surface area contributed by atoms with E-state index < -0.39 is 11.6 Å². The number of nitrogens with zero attached hydrogens (tertiary/aromatic N) is 2. The highest BCUT2D eigenvalue weighted by molar-refractivity contribution is 7.15. The minimum atomic E-state index is -0.498. The molecule has 7 nitrogen and oxygen atoms in total. The maximum absolute atomic E-state index is 13.3. The van der Waals surface area contributed by atoms with Gasteiger partial charge in [0.1, 0.15) is 0 Å². The Kier molecular flexibility index (Phi) is 6.19. The number of phenolic OH excluding ortho intramolecular Hbond substituents is 1. The SMILES string of the molecule is COc1cc(/C=C/C(=O)n2c(-c3ccc(C)s3)cn(-c3ccccc3)c2=O)cc(OC)c1O. The second kappa shape index (κ2) is 9.22. The Labute approximate surface area is 194 Å². The highest BCUT2D eigenvalue weighted by atomic mass is 32.1. The standard InChI is InChI=1S/C25H22N2O5S/c1-16-9-11-22(33-16)19-15-26(18-7-5-4-6-8-18)25(30)27(19)23(28)12-10-17-13-20(31-2)24(29)21(14-17)32-3/h4-15,29H,1-3H3/b12-10+. The first kappa shape index (κ1) is 22.2. The highest BCUT2D eigenvalue weighted by Crippen LogP contribution is 2.37. The first-order valence-corrected chi connectivity index (χ1v) is 10.9. The molecular formula is C25H22N2O5S. The molecule has 0 atom stereocenters. The first-order chi connectivity index (χ1) is 15.9. The second-order valence-corrected chi connectivity index (χ2v) is 8.48. The summed E-state index contributed by atoms with van der Waals surface area (Å²) in [5.41, 5.74) is 1.29. The number of methoxy groups -OCH3 is 2. The Morgan fingerprint density at radius 1 is 1.03 bits per heavy atom. The number of imidazole rings is 1. The van der Waals surface area contributed by atoms with Gasteiger partial charge in [0.2, 0.25) is 5.75 Å². The van der Waals surface area contributed by atoms with Gasteiger partial charge in [-0.25, -0.2) is 9.36 Å². The zero-order valence-corrected chi connectivity index (χ0v) is 19.1. The maximum atomic E-state index is 13.3. The predicted octanol–water partition coefficient (Wildman–Crippen LogP) is 4.75. The van der Waals surface area contributed by atoms with E-state index in [0.717, 1.165) is 14.3 Å². The van der Waals surface area contributed by atoms with E-state index in [-0.39, 0.29) is 17.2 Å². The van der Waals surface area contributed by atoms with Crippen molar-refractivity contribution in [1.82, 2.24) is 9.13 Å². The average molecular weight is 463 g/mol. The van der Waals surface area contributed by atoms with Gasteiger partial charge in [0.25, 0.3) is 5.91 Å². The monoisotopic (exact) mass is 462 g/mol. The van der Waals surface area contributed by atoms with Gasteiger partial charge in [0.05, 0.1) is 30.5 Å². The molecule has 33 heavy (non-hydrogen) atoms. The van der Waals surface area contributed by atoms with Gasteiger partial charge in [-0.15, -0.1) is 11.3 Å². The van der Waals surface area contributed by atoms with Gasteiger partial charge in [-0.3, -0.25) is 9.36 Å². The van der Waals surface area contributed by atoms with Crippen LogP contribution in [0.3, 0.4) is 0 Å².